The molecule has 0 amide bonds. The first-order valence-electron chi connectivity index (χ1n) is 7.96. The lowest BCUT2D eigenvalue weighted by Crippen LogP contribution is -1.99. The van der Waals surface area contributed by atoms with Crippen LogP contribution in [0.15, 0.2) is 47.3 Å². The number of H-pyrrole nitrogens is 2. The second kappa shape index (κ2) is 6.13. The lowest BCUT2D eigenvalue weighted by Gasteiger charge is -2.11. The standard InChI is InChI=1S/C18H12N4O6/c23-9-2-3-10(15(25)6-9)16-11(7-12-17(19-16)20-21-18(12)26)8-1-4-14(24)13(5-8)22(27)28/h1-7,23-25H,(H2,19,20,21,26). The largest absolute Gasteiger partial charge is 0.508 e. The van der Waals surface area contributed by atoms with Gasteiger partial charge in [-0.3, -0.25) is 25.1 Å². The van der Waals surface area contributed by atoms with Crippen molar-refractivity contribution in [2.24, 2.45) is 0 Å². The number of aromatic hydroxyl groups is 3. The van der Waals surface area contributed by atoms with Crippen LogP contribution in [0.5, 0.6) is 17.2 Å². The van der Waals surface area contributed by atoms with E-state index in [0.717, 1.165) is 12.1 Å². The molecule has 0 aliphatic heterocycles. The van der Waals surface area contributed by atoms with Crippen LogP contribution in [0.3, 0.4) is 0 Å². The summed E-state index contributed by atoms with van der Waals surface area (Å²) in [5, 5.41) is 45.9. The lowest BCUT2D eigenvalue weighted by atomic mass is 9.97. The number of nitrogens with zero attached hydrogens (tertiary/aromatic N) is 2. The van der Waals surface area contributed by atoms with Gasteiger partial charge in [0.05, 0.1) is 16.0 Å². The molecular weight excluding hydrogens is 368 g/mol. The number of pyridine rings is 1. The molecule has 4 rings (SSSR count). The molecule has 0 saturated carbocycles. The van der Waals surface area contributed by atoms with Gasteiger partial charge >= 0.3 is 5.69 Å². The first-order chi connectivity index (χ1) is 13.3. The van der Waals surface area contributed by atoms with Gasteiger partial charge in [-0.25, -0.2) is 4.98 Å². The van der Waals surface area contributed by atoms with Crippen molar-refractivity contribution in [3.63, 3.8) is 0 Å². The third-order valence-electron chi connectivity index (χ3n) is 4.28. The van der Waals surface area contributed by atoms with Gasteiger partial charge in [-0.05, 0) is 29.8 Å². The summed E-state index contributed by atoms with van der Waals surface area (Å²) in [6, 6.07) is 9.15. The molecule has 0 aliphatic rings. The SMILES string of the molecule is O=c1[nH][nH]c2nc(-c3ccc(O)cc3O)c(-c3ccc(O)c([N+](=O)[O-])c3)cc12. The summed E-state index contributed by atoms with van der Waals surface area (Å²) in [4.78, 5) is 26.8. The van der Waals surface area contributed by atoms with Crippen molar-refractivity contribution < 1.29 is 20.2 Å². The second-order valence-electron chi connectivity index (χ2n) is 6.02. The highest BCUT2D eigenvalue weighted by Gasteiger charge is 2.20. The van der Waals surface area contributed by atoms with Crippen LogP contribution in [0.1, 0.15) is 0 Å². The number of rotatable bonds is 3. The van der Waals surface area contributed by atoms with Gasteiger partial charge in [0.1, 0.15) is 11.5 Å². The Morgan fingerprint density at radius 1 is 0.929 bits per heavy atom. The molecule has 0 radical (unpaired) electrons. The molecule has 0 aliphatic carbocycles. The Morgan fingerprint density at radius 2 is 1.71 bits per heavy atom. The predicted octanol–water partition coefficient (Wildman–Crippen LogP) is 2.61. The fourth-order valence-electron chi connectivity index (χ4n) is 2.95. The minimum Gasteiger partial charge on any atom is -0.508 e. The molecule has 140 valence electrons. The van der Waals surface area contributed by atoms with Crippen LogP contribution in [-0.2, 0) is 0 Å². The van der Waals surface area contributed by atoms with Crippen LogP contribution in [0.25, 0.3) is 33.4 Å². The summed E-state index contributed by atoms with van der Waals surface area (Å²) < 4.78 is 0. The van der Waals surface area contributed by atoms with Crippen molar-refractivity contribution in [2.45, 2.75) is 0 Å². The molecule has 0 unspecified atom stereocenters. The van der Waals surface area contributed by atoms with Crippen molar-refractivity contribution in [2.75, 3.05) is 0 Å². The summed E-state index contributed by atoms with van der Waals surface area (Å²) in [6.07, 6.45) is 0. The maximum atomic E-state index is 12.0. The number of phenolic OH excluding ortho intramolecular Hbond substituents is 3. The topological polar surface area (TPSA) is 165 Å². The number of aromatic nitrogens is 3. The van der Waals surface area contributed by atoms with Crippen LogP contribution in [0, 0.1) is 10.1 Å². The molecule has 2 aromatic heterocycles. The summed E-state index contributed by atoms with van der Waals surface area (Å²) in [7, 11) is 0. The van der Waals surface area contributed by atoms with E-state index >= 15 is 0 Å². The first kappa shape index (κ1) is 17.1. The van der Waals surface area contributed by atoms with Gasteiger partial charge in [-0.2, -0.15) is 0 Å². The Morgan fingerprint density at radius 3 is 2.43 bits per heavy atom. The average molecular weight is 380 g/mol. The highest BCUT2D eigenvalue weighted by molar-refractivity contribution is 5.91. The molecule has 2 aromatic carbocycles. The van der Waals surface area contributed by atoms with Crippen LogP contribution in [0.2, 0.25) is 0 Å². The van der Waals surface area contributed by atoms with E-state index in [1.54, 1.807) is 0 Å². The molecule has 28 heavy (non-hydrogen) atoms. The molecule has 0 fully saturated rings. The molecule has 2 heterocycles. The second-order valence-corrected chi connectivity index (χ2v) is 6.02. The summed E-state index contributed by atoms with van der Waals surface area (Å²) in [5.74, 6) is -0.922. The van der Waals surface area contributed by atoms with Gasteiger partial charge in [-0.15, -0.1) is 0 Å². The van der Waals surface area contributed by atoms with E-state index in [1.807, 2.05) is 0 Å². The van der Waals surface area contributed by atoms with Gasteiger partial charge in [0.15, 0.2) is 11.4 Å². The van der Waals surface area contributed by atoms with Crippen LogP contribution in [-0.4, -0.2) is 35.4 Å². The average Bonchev–Trinajstić information content (AvgIpc) is 3.01. The minimum absolute atomic E-state index is 0.154. The third-order valence-corrected chi connectivity index (χ3v) is 4.28. The van der Waals surface area contributed by atoms with E-state index < -0.39 is 21.9 Å². The Hall–Kier alpha value is -4.34. The Kier molecular flexibility index (Phi) is 3.74. The quantitative estimate of drug-likeness (QED) is 0.269. The molecule has 0 atom stereocenters. The number of fused-ring (bicyclic) bond motifs is 1. The van der Waals surface area contributed by atoms with Gasteiger partial charge < -0.3 is 15.3 Å². The van der Waals surface area contributed by atoms with Gasteiger partial charge in [0.2, 0.25) is 0 Å². The Labute approximate surface area is 155 Å². The van der Waals surface area contributed by atoms with Crippen LogP contribution >= 0.6 is 0 Å². The van der Waals surface area contributed by atoms with Crippen LogP contribution < -0.4 is 5.56 Å². The maximum absolute atomic E-state index is 12.0. The lowest BCUT2D eigenvalue weighted by molar-refractivity contribution is -0.385. The van der Waals surface area contributed by atoms with E-state index in [0.29, 0.717) is 11.1 Å². The van der Waals surface area contributed by atoms with E-state index in [1.165, 1.54) is 30.3 Å². The number of aromatic amines is 2. The van der Waals surface area contributed by atoms with Crippen LogP contribution in [0.4, 0.5) is 5.69 Å². The number of nitro groups is 1. The summed E-state index contributed by atoms with van der Waals surface area (Å²) >= 11 is 0. The zero-order valence-corrected chi connectivity index (χ0v) is 14.0. The van der Waals surface area contributed by atoms with Crippen molar-refractivity contribution in [1.82, 2.24) is 15.2 Å². The third kappa shape index (κ3) is 2.69. The number of benzene rings is 2. The predicted molar refractivity (Wildman–Crippen MR) is 99.2 cm³/mol. The smallest absolute Gasteiger partial charge is 0.311 e. The van der Waals surface area contributed by atoms with Gasteiger partial charge in [0.25, 0.3) is 5.56 Å². The van der Waals surface area contributed by atoms with Crippen molar-refractivity contribution in [1.29, 1.82) is 0 Å². The fraction of sp³-hybridized carbons (Fsp3) is 0. The van der Waals surface area contributed by atoms with Crippen molar-refractivity contribution in [3.8, 4) is 39.6 Å². The number of hydrogen-bond acceptors (Lipinski definition) is 7. The van der Waals surface area contributed by atoms with E-state index in [4.69, 9.17) is 0 Å². The zero-order valence-electron chi connectivity index (χ0n) is 14.0. The number of nitrogens with one attached hydrogen (secondary N) is 2. The number of phenols is 3. The molecular formula is C18H12N4O6. The molecule has 10 heteroatoms. The van der Waals surface area contributed by atoms with E-state index in [-0.39, 0.29) is 33.8 Å². The molecule has 4 aromatic rings. The van der Waals surface area contributed by atoms with Crippen molar-refractivity contribution in [3.05, 3.63) is 62.9 Å². The summed E-state index contributed by atoms with van der Waals surface area (Å²) in [6.45, 7) is 0. The molecule has 0 bridgehead atoms. The normalized spacial score (nSPS) is 11.0. The molecule has 0 saturated heterocycles. The number of hydrogen-bond donors (Lipinski definition) is 5. The molecule has 5 N–H and O–H groups in total. The van der Waals surface area contributed by atoms with E-state index in [2.05, 4.69) is 15.2 Å². The monoisotopic (exact) mass is 380 g/mol. The maximum Gasteiger partial charge on any atom is 0.311 e. The van der Waals surface area contributed by atoms with Crippen molar-refractivity contribution >= 4 is 16.7 Å². The van der Waals surface area contributed by atoms with E-state index in [9.17, 15) is 30.2 Å². The fourth-order valence-corrected chi connectivity index (χ4v) is 2.95. The molecule has 0 spiro atoms. The summed E-state index contributed by atoms with van der Waals surface area (Å²) in [5.41, 5.74) is 0.376. The van der Waals surface area contributed by atoms with Gasteiger partial charge in [-0.1, -0.05) is 6.07 Å². The molecule has 10 nitrogen and oxygen atoms in total. The first-order valence-corrected chi connectivity index (χ1v) is 7.96. The highest BCUT2D eigenvalue weighted by atomic mass is 16.6. The zero-order chi connectivity index (χ0) is 20.0. The number of nitro benzene ring substituents is 1. The highest BCUT2D eigenvalue weighted by Crippen LogP contribution is 2.40. The Bertz CT molecular complexity index is 1310. The Balaban J connectivity index is 2.06. The minimum atomic E-state index is -0.731. The van der Waals surface area contributed by atoms with Gasteiger partial charge in [0, 0.05) is 23.3 Å².